The monoisotopic (exact) mass is 270 g/mol. The van der Waals surface area contributed by atoms with E-state index in [1.807, 2.05) is 24.3 Å². The molecule has 0 atom stereocenters. The van der Waals surface area contributed by atoms with Crippen molar-refractivity contribution in [1.29, 1.82) is 0 Å². The van der Waals surface area contributed by atoms with Crippen molar-refractivity contribution in [3.05, 3.63) is 65.2 Å². The second-order valence-electron chi connectivity index (χ2n) is 4.76. The number of hydrogen-bond donors (Lipinski definition) is 0. The van der Waals surface area contributed by atoms with Crippen LogP contribution in [0.1, 0.15) is 16.7 Å². The molecule has 98 valence electrons. The highest BCUT2D eigenvalue weighted by Gasteiger charge is 2.06. The Hall–Kier alpha value is -1.54. The van der Waals surface area contributed by atoms with Crippen LogP contribution < -0.4 is 0 Å². The minimum Gasteiger partial charge on any atom is -0.298 e. The van der Waals surface area contributed by atoms with Crippen LogP contribution >= 0.6 is 11.8 Å². The van der Waals surface area contributed by atoms with Gasteiger partial charge < -0.3 is 0 Å². The minimum absolute atomic E-state index is 0.275. The number of ketones is 1. The van der Waals surface area contributed by atoms with Gasteiger partial charge in [-0.05, 0) is 31.0 Å². The van der Waals surface area contributed by atoms with Gasteiger partial charge >= 0.3 is 0 Å². The minimum atomic E-state index is 0.275. The molecule has 0 unspecified atom stereocenters. The smallest absolute Gasteiger partial charge is 0.147 e. The van der Waals surface area contributed by atoms with Gasteiger partial charge in [-0.25, -0.2) is 0 Å². The Morgan fingerprint density at radius 3 is 2.37 bits per heavy atom. The molecule has 0 aliphatic heterocycles. The molecule has 0 amide bonds. The molecule has 0 saturated heterocycles. The summed E-state index contributed by atoms with van der Waals surface area (Å²) < 4.78 is 0. The summed E-state index contributed by atoms with van der Waals surface area (Å²) in [5.74, 6) is 0.816. The quantitative estimate of drug-likeness (QED) is 0.757. The summed E-state index contributed by atoms with van der Waals surface area (Å²) in [7, 11) is 0. The predicted octanol–water partition coefficient (Wildman–Crippen LogP) is 4.21. The summed E-state index contributed by atoms with van der Waals surface area (Å²) in [4.78, 5) is 13.2. The van der Waals surface area contributed by atoms with Gasteiger partial charge in [-0.3, -0.25) is 4.79 Å². The van der Waals surface area contributed by atoms with Crippen molar-refractivity contribution < 1.29 is 4.79 Å². The molecule has 0 radical (unpaired) electrons. The van der Waals surface area contributed by atoms with E-state index in [1.54, 1.807) is 11.8 Å². The molecule has 0 N–H and O–H groups in total. The zero-order valence-corrected chi connectivity index (χ0v) is 12.2. The van der Waals surface area contributed by atoms with Crippen molar-refractivity contribution in [2.45, 2.75) is 25.2 Å². The number of carbonyl (C=O) groups is 1. The molecule has 19 heavy (non-hydrogen) atoms. The van der Waals surface area contributed by atoms with Crippen molar-refractivity contribution in [2.75, 3.05) is 5.75 Å². The van der Waals surface area contributed by atoms with E-state index in [1.165, 1.54) is 16.0 Å². The van der Waals surface area contributed by atoms with E-state index in [0.29, 0.717) is 12.2 Å². The molecule has 0 aliphatic rings. The fourth-order valence-electron chi connectivity index (χ4n) is 1.86. The molecule has 0 fully saturated rings. The lowest BCUT2D eigenvalue weighted by Gasteiger charge is -2.05. The molecule has 2 rings (SSSR count). The molecular weight excluding hydrogens is 252 g/mol. The van der Waals surface area contributed by atoms with Crippen LogP contribution in [0.5, 0.6) is 0 Å². The molecule has 0 spiro atoms. The normalized spacial score (nSPS) is 10.4. The highest BCUT2D eigenvalue weighted by atomic mass is 32.2. The fourth-order valence-corrected chi connectivity index (χ4v) is 2.75. The Bertz CT molecular complexity index is 558. The zero-order valence-electron chi connectivity index (χ0n) is 11.3. The molecule has 2 aromatic rings. The standard InChI is InChI=1S/C17H18OS/c1-13-7-9-15(10-8-13)11-16(18)12-19-17-6-4-3-5-14(17)2/h3-10H,11-12H2,1-2H3. The van der Waals surface area contributed by atoms with Crippen LogP contribution in [-0.4, -0.2) is 11.5 Å². The Morgan fingerprint density at radius 1 is 1.00 bits per heavy atom. The molecule has 0 aromatic heterocycles. The van der Waals surface area contributed by atoms with Gasteiger partial charge in [-0.1, -0.05) is 48.0 Å². The van der Waals surface area contributed by atoms with Crippen LogP contribution in [0.15, 0.2) is 53.4 Å². The number of carbonyl (C=O) groups excluding carboxylic acids is 1. The summed E-state index contributed by atoms with van der Waals surface area (Å²) >= 11 is 1.63. The lowest BCUT2D eigenvalue weighted by Crippen LogP contribution is -2.05. The van der Waals surface area contributed by atoms with Gasteiger partial charge in [0, 0.05) is 11.3 Å². The van der Waals surface area contributed by atoms with Crippen molar-refractivity contribution in [3.8, 4) is 0 Å². The zero-order chi connectivity index (χ0) is 13.7. The summed E-state index contributed by atoms with van der Waals surface area (Å²) in [6, 6.07) is 16.4. The largest absolute Gasteiger partial charge is 0.298 e. The third-order valence-electron chi connectivity index (χ3n) is 3.00. The van der Waals surface area contributed by atoms with Crippen molar-refractivity contribution in [1.82, 2.24) is 0 Å². The van der Waals surface area contributed by atoms with E-state index in [0.717, 1.165) is 5.56 Å². The summed E-state index contributed by atoms with van der Waals surface area (Å²) in [6.07, 6.45) is 0.527. The Balaban J connectivity index is 1.88. The summed E-state index contributed by atoms with van der Waals surface area (Å²) in [5.41, 5.74) is 3.56. The Labute approximate surface area is 119 Å². The molecule has 0 bridgehead atoms. The molecule has 2 heteroatoms. The molecule has 1 nitrogen and oxygen atoms in total. The Kier molecular flexibility index (Phi) is 4.80. The van der Waals surface area contributed by atoms with Crippen LogP contribution in [0.25, 0.3) is 0 Å². The summed E-state index contributed by atoms with van der Waals surface area (Å²) in [6.45, 7) is 4.13. The number of thioether (sulfide) groups is 1. The summed E-state index contributed by atoms with van der Waals surface area (Å²) in [5, 5.41) is 0. The van der Waals surface area contributed by atoms with Crippen molar-refractivity contribution in [3.63, 3.8) is 0 Å². The highest BCUT2D eigenvalue weighted by Crippen LogP contribution is 2.22. The number of hydrogen-bond acceptors (Lipinski definition) is 2. The average Bonchev–Trinajstić information content (AvgIpc) is 2.40. The Morgan fingerprint density at radius 2 is 1.68 bits per heavy atom. The van der Waals surface area contributed by atoms with E-state index < -0.39 is 0 Å². The van der Waals surface area contributed by atoms with Crippen molar-refractivity contribution in [2.24, 2.45) is 0 Å². The average molecular weight is 270 g/mol. The second-order valence-corrected chi connectivity index (χ2v) is 5.77. The first-order valence-electron chi connectivity index (χ1n) is 6.41. The molecule has 0 aliphatic carbocycles. The first-order chi connectivity index (χ1) is 9.15. The second kappa shape index (κ2) is 6.58. The van der Waals surface area contributed by atoms with E-state index in [-0.39, 0.29) is 5.78 Å². The van der Waals surface area contributed by atoms with Crippen LogP contribution in [0, 0.1) is 13.8 Å². The lowest BCUT2D eigenvalue weighted by molar-refractivity contribution is -0.116. The molecular formula is C17H18OS. The van der Waals surface area contributed by atoms with Gasteiger partial charge in [0.05, 0.1) is 5.75 Å². The molecule has 0 heterocycles. The van der Waals surface area contributed by atoms with E-state index in [4.69, 9.17) is 0 Å². The third kappa shape index (κ3) is 4.25. The number of Topliss-reactive ketones (excluding diaryl/α,β-unsaturated/α-hetero) is 1. The van der Waals surface area contributed by atoms with E-state index >= 15 is 0 Å². The third-order valence-corrected chi connectivity index (χ3v) is 4.24. The van der Waals surface area contributed by atoms with Gasteiger partial charge in [0.2, 0.25) is 0 Å². The topological polar surface area (TPSA) is 17.1 Å². The maximum Gasteiger partial charge on any atom is 0.147 e. The van der Waals surface area contributed by atoms with Gasteiger partial charge in [-0.15, -0.1) is 11.8 Å². The van der Waals surface area contributed by atoms with Crippen LogP contribution in [0.2, 0.25) is 0 Å². The van der Waals surface area contributed by atoms with E-state index in [2.05, 4.69) is 38.1 Å². The van der Waals surface area contributed by atoms with Gasteiger partial charge in [0.25, 0.3) is 0 Å². The van der Waals surface area contributed by atoms with Crippen LogP contribution in [0.4, 0.5) is 0 Å². The maximum absolute atomic E-state index is 12.0. The van der Waals surface area contributed by atoms with Gasteiger partial charge in [0.1, 0.15) is 5.78 Å². The fraction of sp³-hybridized carbons (Fsp3) is 0.235. The number of benzene rings is 2. The lowest BCUT2D eigenvalue weighted by atomic mass is 10.1. The van der Waals surface area contributed by atoms with Crippen molar-refractivity contribution >= 4 is 17.5 Å². The molecule has 0 saturated carbocycles. The highest BCUT2D eigenvalue weighted by molar-refractivity contribution is 8.00. The van der Waals surface area contributed by atoms with Gasteiger partial charge in [0.15, 0.2) is 0 Å². The first-order valence-corrected chi connectivity index (χ1v) is 7.39. The SMILES string of the molecule is Cc1ccc(CC(=O)CSc2ccccc2C)cc1. The van der Waals surface area contributed by atoms with E-state index in [9.17, 15) is 4.79 Å². The maximum atomic E-state index is 12.0. The van der Waals surface area contributed by atoms with Crippen LogP contribution in [0.3, 0.4) is 0 Å². The molecule has 2 aromatic carbocycles. The first kappa shape index (κ1) is 13.9. The van der Waals surface area contributed by atoms with Gasteiger partial charge in [-0.2, -0.15) is 0 Å². The predicted molar refractivity (Wildman–Crippen MR) is 81.8 cm³/mol. The number of aryl methyl sites for hydroxylation is 2. The van der Waals surface area contributed by atoms with Crippen LogP contribution in [-0.2, 0) is 11.2 Å². The number of rotatable bonds is 5.